The Morgan fingerprint density at radius 2 is 2.10 bits per heavy atom. The fraction of sp³-hybridized carbons (Fsp3) is 0.471. The first-order valence-corrected chi connectivity index (χ1v) is 7.80. The number of pyridine rings is 1. The molecule has 2 aromatic rings. The lowest BCUT2D eigenvalue weighted by atomic mass is 10.1. The number of piperidine rings is 1. The number of aromatic nitrogens is 1. The Hall–Kier alpha value is -1.65. The highest BCUT2D eigenvalue weighted by atomic mass is 16.3. The van der Waals surface area contributed by atoms with E-state index in [0.29, 0.717) is 6.04 Å². The summed E-state index contributed by atoms with van der Waals surface area (Å²) in [7, 11) is 0. The lowest BCUT2D eigenvalue weighted by Crippen LogP contribution is -2.38. The Bertz CT molecular complexity index is 506. The molecule has 3 heterocycles. The van der Waals surface area contributed by atoms with Crippen molar-refractivity contribution in [2.45, 2.75) is 31.8 Å². The Labute approximate surface area is 126 Å². The molecule has 21 heavy (non-hydrogen) atoms. The molecule has 0 spiro atoms. The number of rotatable bonds is 6. The first-order valence-electron chi connectivity index (χ1n) is 7.80. The maximum absolute atomic E-state index is 5.66. The zero-order chi connectivity index (χ0) is 14.3. The van der Waals surface area contributed by atoms with Crippen molar-refractivity contribution >= 4 is 0 Å². The van der Waals surface area contributed by atoms with Gasteiger partial charge in [0, 0.05) is 25.5 Å². The Morgan fingerprint density at radius 1 is 1.19 bits per heavy atom. The van der Waals surface area contributed by atoms with Crippen LogP contribution < -0.4 is 5.32 Å². The standard InChI is InChI=1S/C17H23N3O/c1-2-9-20(10-3-1)16(17-7-5-11-21-17)14-19-13-15-6-4-8-18-12-15/h4-8,11-12,16,19H,1-3,9-10,13-14H2. The molecular weight excluding hydrogens is 262 g/mol. The van der Waals surface area contributed by atoms with Gasteiger partial charge in [0.2, 0.25) is 0 Å². The summed E-state index contributed by atoms with van der Waals surface area (Å²) in [6.07, 6.45) is 9.43. The maximum atomic E-state index is 5.66. The molecule has 3 rings (SSSR count). The smallest absolute Gasteiger partial charge is 0.122 e. The van der Waals surface area contributed by atoms with Crippen molar-refractivity contribution in [2.24, 2.45) is 0 Å². The summed E-state index contributed by atoms with van der Waals surface area (Å²) in [6.45, 7) is 4.08. The van der Waals surface area contributed by atoms with Crippen LogP contribution in [0.25, 0.3) is 0 Å². The Kier molecular flexibility index (Phi) is 5.03. The third-order valence-corrected chi connectivity index (χ3v) is 4.09. The predicted molar refractivity (Wildman–Crippen MR) is 82.8 cm³/mol. The second-order valence-electron chi connectivity index (χ2n) is 5.62. The summed E-state index contributed by atoms with van der Waals surface area (Å²) in [4.78, 5) is 6.69. The van der Waals surface area contributed by atoms with Crippen molar-refractivity contribution in [3.63, 3.8) is 0 Å². The van der Waals surface area contributed by atoms with Crippen molar-refractivity contribution in [3.05, 3.63) is 54.2 Å². The van der Waals surface area contributed by atoms with E-state index in [2.05, 4.69) is 27.3 Å². The molecule has 1 aliphatic heterocycles. The average molecular weight is 285 g/mol. The molecule has 1 aliphatic rings. The van der Waals surface area contributed by atoms with Crippen LogP contribution in [0.2, 0.25) is 0 Å². The highest BCUT2D eigenvalue weighted by molar-refractivity contribution is 5.09. The Balaban J connectivity index is 1.59. The van der Waals surface area contributed by atoms with Gasteiger partial charge in [-0.2, -0.15) is 0 Å². The highest BCUT2D eigenvalue weighted by Crippen LogP contribution is 2.24. The summed E-state index contributed by atoms with van der Waals surface area (Å²) < 4.78 is 5.66. The van der Waals surface area contributed by atoms with Crippen molar-refractivity contribution in [1.29, 1.82) is 0 Å². The summed E-state index contributed by atoms with van der Waals surface area (Å²) in [5.74, 6) is 1.07. The van der Waals surface area contributed by atoms with Crippen molar-refractivity contribution < 1.29 is 4.42 Å². The minimum Gasteiger partial charge on any atom is -0.468 e. The van der Waals surface area contributed by atoms with Crippen LogP contribution >= 0.6 is 0 Å². The zero-order valence-electron chi connectivity index (χ0n) is 12.4. The zero-order valence-corrected chi connectivity index (χ0v) is 12.4. The van der Waals surface area contributed by atoms with Crippen molar-refractivity contribution in [3.8, 4) is 0 Å². The van der Waals surface area contributed by atoms with Crippen LogP contribution in [-0.2, 0) is 6.54 Å². The van der Waals surface area contributed by atoms with Crippen LogP contribution in [0.1, 0.15) is 36.6 Å². The lowest BCUT2D eigenvalue weighted by molar-refractivity contribution is 0.142. The van der Waals surface area contributed by atoms with Gasteiger partial charge in [-0.25, -0.2) is 0 Å². The van der Waals surface area contributed by atoms with Gasteiger partial charge in [0.1, 0.15) is 5.76 Å². The number of nitrogens with one attached hydrogen (secondary N) is 1. The summed E-state index contributed by atoms with van der Waals surface area (Å²) in [5, 5.41) is 3.55. The summed E-state index contributed by atoms with van der Waals surface area (Å²) in [5.41, 5.74) is 1.22. The van der Waals surface area contributed by atoms with Gasteiger partial charge in [0.15, 0.2) is 0 Å². The molecule has 4 heteroatoms. The largest absolute Gasteiger partial charge is 0.468 e. The summed E-state index contributed by atoms with van der Waals surface area (Å²) >= 11 is 0. The van der Waals surface area contributed by atoms with E-state index in [9.17, 15) is 0 Å². The van der Waals surface area contributed by atoms with Crippen molar-refractivity contribution in [1.82, 2.24) is 15.2 Å². The molecule has 0 saturated carbocycles. The second-order valence-corrected chi connectivity index (χ2v) is 5.62. The molecule has 1 unspecified atom stereocenters. The van der Waals surface area contributed by atoms with E-state index >= 15 is 0 Å². The third-order valence-electron chi connectivity index (χ3n) is 4.09. The molecule has 0 bridgehead atoms. The fourth-order valence-electron chi connectivity index (χ4n) is 2.98. The van der Waals surface area contributed by atoms with Gasteiger partial charge < -0.3 is 9.73 Å². The third kappa shape index (κ3) is 3.93. The van der Waals surface area contributed by atoms with Crippen LogP contribution in [-0.4, -0.2) is 29.5 Å². The highest BCUT2D eigenvalue weighted by Gasteiger charge is 2.23. The van der Waals surface area contributed by atoms with E-state index in [-0.39, 0.29) is 0 Å². The predicted octanol–water partition coefficient (Wildman–Crippen LogP) is 2.99. The molecule has 0 aliphatic carbocycles. The molecule has 0 radical (unpaired) electrons. The van der Waals surface area contributed by atoms with Gasteiger partial charge in [-0.1, -0.05) is 12.5 Å². The average Bonchev–Trinajstić information content (AvgIpc) is 3.07. The molecule has 0 aromatic carbocycles. The van der Waals surface area contributed by atoms with E-state index in [4.69, 9.17) is 4.42 Å². The van der Waals surface area contributed by atoms with E-state index in [1.165, 1.54) is 37.9 Å². The second kappa shape index (κ2) is 7.38. The minimum atomic E-state index is 0.331. The van der Waals surface area contributed by atoms with E-state index in [1.807, 2.05) is 24.5 Å². The van der Waals surface area contributed by atoms with Gasteiger partial charge in [-0.15, -0.1) is 0 Å². The molecule has 1 atom stereocenters. The summed E-state index contributed by atoms with van der Waals surface area (Å²) in [6, 6.07) is 8.48. The van der Waals surface area contributed by atoms with E-state index in [1.54, 1.807) is 6.26 Å². The normalized spacial score (nSPS) is 17.7. The fourth-order valence-corrected chi connectivity index (χ4v) is 2.98. The van der Waals surface area contributed by atoms with Crippen LogP contribution in [0.15, 0.2) is 47.3 Å². The number of nitrogens with zero attached hydrogens (tertiary/aromatic N) is 2. The van der Waals surface area contributed by atoms with Gasteiger partial charge in [0.05, 0.1) is 12.3 Å². The number of likely N-dealkylation sites (tertiary alicyclic amines) is 1. The molecule has 1 N–H and O–H groups in total. The molecule has 4 nitrogen and oxygen atoms in total. The molecule has 2 aromatic heterocycles. The number of hydrogen-bond donors (Lipinski definition) is 1. The lowest BCUT2D eigenvalue weighted by Gasteiger charge is -2.33. The van der Waals surface area contributed by atoms with Gasteiger partial charge >= 0.3 is 0 Å². The van der Waals surface area contributed by atoms with E-state index < -0.39 is 0 Å². The van der Waals surface area contributed by atoms with E-state index in [0.717, 1.165) is 18.8 Å². The molecule has 1 saturated heterocycles. The first kappa shape index (κ1) is 14.3. The first-order chi connectivity index (χ1) is 10.4. The quantitative estimate of drug-likeness (QED) is 0.886. The van der Waals surface area contributed by atoms with Crippen LogP contribution in [0, 0.1) is 0 Å². The molecule has 1 fully saturated rings. The topological polar surface area (TPSA) is 41.3 Å². The molecular formula is C17H23N3O. The number of hydrogen-bond acceptors (Lipinski definition) is 4. The Morgan fingerprint density at radius 3 is 2.81 bits per heavy atom. The SMILES string of the molecule is c1cncc(CNCC(c2ccco2)N2CCCCC2)c1. The van der Waals surface area contributed by atoms with Gasteiger partial charge in [0.25, 0.3) is 0 Å². The maximum Gasteiger partial charge on any atom is 0.122 e. The van der Waals surface area contributed by atoms with Gasteiger partial charge in [-0.05, 0) is 49.7 Å². The molecule has 0 amide bonds. The minimum absolute atomic E-state index is 0.331. The van der Waals surface area contributed by atoms with Crippen molar-refractivity contribution in [2.75, 3.05) is 19.6 Å². The van der Waals surface area contributed by atoms with Crippen LogP contribution in [0.3, 0.4) is 0 Å². The van der Waals surface area contributed by atoms with Crippen LogP contribution in [0.5, 0.6) is 0 Å². The van der Waals surface area contributed by atoms with Crippen LogP contribution in [0.4, 0.5) is 0 Å². The van der Waals surface area contributed by atoms with Gasteiger partial charge in [-0.3, -0.25) is 9.88 Å². The molecule has 112 valence electrons. The monoisotopic (exact) mass is 285 g/mol. The number of furan rings is 1.